The molecule has 0 fully saturated rings. The topological polar surface area (TPSA) is 78.5 Å². The molecule has 0 spiro atoms. The lowest BCUT2D eigenvalue weighted by molar-refractivity contribution is 0.237. The number of carbonyl (C=O) groups excluding carboxylic acids is 1. The molecule has 0 saturated heterocycles. The molecule has 0 bridgehead atoms. The van der Waals surface area contributed by atoms with Crippen molar-refractivity contribution in [3.8, 4) is 0 Å². The lowest BCUT2D eigenvalue weighted by Crippen LogP contribution is -2.23. The van der Waals surface area contributed by atoms with Crippen LogP contribution in [0.2, 0.25) is 0 Å². The molecule has 21 heavy (non-hydrogen) atoms. The van der Waals surface area contributed by atoms with Crippen LogP contribution in [0.15, 0.2) is 43.0 Å². The number of rotatable bonds is 3. The third kappa shape index (κ3) is 2.71. The molecule has 7 nitrogen and oxygen atoms in total. The molecule has 0 unspecified atom stereocenters. The number of benzene rings is 1. The molecule has 2 heterocycles. The van der Waals surface area contributed by atoms with Gasteiger partial charge in [-0.15, -0.1) is 5.10 Å². The van der Waals surface area contributed by atoms with Crippen LogP contribution in [-0.4, -0.2) is 35.6 Å². The quantitative estimate of drug-likeness (QED) is 0.728. The molecule has 0 amide bonds. The summed E-state index contributed by atoms with van der Waals surface area (Å²) in [5, 5.41) is 8.13. The second-order valence-corrected chi connectivity index (χ2v) is 4.49. The first-order chi connectivity index (χ1) is 10.3. The molecule has 0 saturated carbocycles. The normalized spacial score (nSPS) is 10.7. The van der Waals surface area contributed by atoms with Gasteiger partial charge in [0.1, 0.15) is 18.5 Å². The average Bonchev–Trinajstić information content (AvgIpc) is 3.17. The molecule has 3 aromatic rings. The summed E-state index contributed by atoms with van der Waals surface area (Å²) in [6, 6.07) is 9.52. The molecule has 7 heteroatoms. The first-order valence-electron chi connectivity index (χ1n) is 6.66. The lowest BCUT2D eigenvalue weighted by Gasteiger charge is -2.00. The molecule has 0 aliphatic heterocycles. The van der Waals surface area contributed by atoms with Crippen LogP contribution in [0, 0.1) is 0 Å². The van der Waals surface area contributed by atoms with Crippen LogP contribution >= 0.6 is 0 Å². The maximum absolute atomic E-state index is 12.3. The Bertz CT molecular complexity index is 732. The Morgan fingerprint density at radius 3 is 2.71 bits per heavy atom. The van der Waals surface area contributed by atoms with E-state index in [0.717, 1.165) is 10.2 Å². The fourth-order valence-corrected chi connectivity index (χ4v) is 2.03. The standard InChI is InChI=1S/C14H14N6O/c1-2-13-17-12(8-11-6-4-3-5-7-11)18-20(13)14(21)19-10-15-9-16-19/h3-7,9-10H,2,8H2,1H3. The van der Waals surface area contributed by atoms with E-state index < -0.39 is 0 Å². The Balaban J connectivity index is 1.90. The number of nitrogens with zero attached hydrogens (tertiary/aromatic N) is 6. The Labute approximate surface area is 121 Å². The third-order valence-electron chi connectivity index (χ3n) is 3.04. The van der Waals surface area contributed by atoms with Crippen LogP contribution in [0.3, 0.4) is 0 Å². The Kier molecular flexibility index (Phi) is 3.55. The smallest absolute Gasteiger partial charge is 0.243 e. The van der Waals surface area contributed by atoms with Crippen molar-refractivity contribution in [3.63, 3.8) is 0 Å². The van der Waals surface area contributed by atoms with Gasteiger partial charge in [-0.1, -0.05) is 37.3 Å². The van der Waals surface area contributed by atoms with E-state index in [1.54, 1.807) is 0 Å². The van der Waals surface area contributed by atoms with Gasteiger partial charge in [0.05, 0.1) is 0 Å². The number of hydrogen-bond donors (Lipinski definition) is 0. The SMILES string of the molecule is CCc1nc(Cc2ccccc2)nn1C(=O)n1cncn1. The van der Waals surface area contributed by atoms with Crippen LogP contribution in [0.1, 0.15) is 24.1 Å². The van der Waals surface area contributed by atoms with Crippen molar-refractivity contribution in [1.29, 1.82) is 0 Å². The van der Waals surface area contributed by atoms with Crippen molar-refractivity contribution in [1.82, 2.24) is 29.5 Å². The predicted molar refractivity (Wildman–Crippen MR) is 74.9 cm³/mol. The van der Waals surface area contributed by atoms with E-state index in [0.29, 0.717) is 24.5 Å². The highest BCUT2D eigenvalue weighted by atomic mass is 16.2. The van der Waals surface area contributed by atoms with Crippen molar-refractivity contribution in [2.75, 3.05) is 0 Å². The monoisotopic (exact) mass is 282 g/mol. The van der Waals surface area contributed by atoms with Crippen molar-refractivity contribution < 1.29 is 4.79 Å². The molecule has 0 atom stereocenters. The summed E-state index contributed by atoms with van der Waals surface area (Å²) in [5.41, 5.74) is 1.10. The summed E-state index contributed by atoms with van der Waals surface area (Å²) < 4.78 is 2.42. The maximum Gasteiger partial charge on any atom is 0.372 e. The molecule has 0 aliphatic rings. The summed E-state index contributed by atoms with van der Waals surface area (Å²) in [6.45, 7) is 1.93. The molecule has 0 radical (unpaired) electrons. The fraction of sp³-hybridized carbons (Fsp3) is 0.214. The summed E-state index contributed by atoms with van der Waals surface area (Å²) in [4.78, 5) is 20.5. The first kappa shape index (κ1) is 13.2. The zero-order valence-corrected chi connectivity index (χ0v) is 11.5. The Hall–Kier alpha value is -2.83. The average molecular weight is 282 g/mol. The van der Waals surface area contributed by atoms with Gasteiger partial charge in [0, 0.05) is 12.8 Å². The molecule has 106 valence electrons. The summed E-state index contributed by atoms with van der Waals surface area (Å²) in [6.07, 6.45) is 3.86. The third-order valence-corrected chi connectivity index (χ3v) is 3.04. The van der Waals surface area contributed by atoms with Crippen LogP contribution < -0.4 is 0 Å². The lowest BCUT2D eigenvalue weighted by atomic mass is 10.1. The number of hydrogen-bond acceptors (Lipinski definition) is 5. The largest absolute Gasteiger partial charge is 0.372 e. The zero-order valence-electron chi connectivity index (χ0n) is 11.5. The van der Waals surface area contributed by atoms with Gasteiger partial charge in [-0.3, -0.25) is 0 Å². The molecule has 0 aliphatic carbocycles. The number of carbonyl (C=O) groups is 1. The minimum atomic E-state index is -0.379. The van der Waals surface area contributed by atoms with Gasteiger partial charge in [0.25, 0.3) is 0 Å². The van der Waals surface area contributed by atoms with E-state index in [1.165, 1.54) is 17.3 Å². The van der Waals surface area contributed by atoms with Gasteiger partial charge < -0.3 is 0 Å². The predicted octanol–water partition coefficient (Wildman–Crippen LogP) is 1.54. The van der Waals surface area contributed by atoms with Crippen molar-refractivity contribution in [2.24, 2.45) is 0 Å². The molecular weight excluding hydrogens is 268 g/mol. The van der Waals surface area contributed by atoms with E-state index in [9.17, 15) is 4.79 Å². The minimum Gasteiger partial charge on any atom is -0.243 e. The van der Waals surface area contributed by atoms with Crippen LogP contribution in [-0.2, 0) is 12.8 Å². The van der Waals surface area contributed by atoms with Gasteiger partial charge in [-0.05, 0) is 5.56 Å². The molecule has 2 aromatic heterocycles. The first-order valence-corrected chi connectivity index (χ1v) is 6.66. The van der Waals surface area contributed by atoms with Crippen LogP contribution in [0.4, 0.5) is 4.79 Å². The number of aromatic nitrogens is 6. The Morgan fingerprint density at radius 1 is 1.24 bits per heavy atom. The van der Waals surface area contributed by atoms with Gasteiger partial charge in [0.15, 0.2) is 5.82 Å². The second kappa shape index (κ2) is 5.66. The van der Waals surface area contributed by atoms with Crippen molar-refractivity contribution in [3.05, 3.63) is 60.2 Å². The summed E-state index contributed by atoms with van der Waals surface area (Å²) >= 11 is 0. The Morgan fingerprint density at radius 2 is 2.05 bits per heavy atom. The molecule has 0 N–H and O–H groups in total. The van der Waals surface area contributed by atoms with E-state index in [1.807, 2.05) is 37.3 Å². The summed E-state index contributed by atoms with van der Waals surface area (Å²) in [5.74, 6) is 1.23. The van der Waals surface area contributed by atoms with E-state index >= 15 is 0 Å². The van der Waals surface area contributed by atoms with Crippen LogP contribution in [0.25, 0.3) is 0 Å². The highest BCUT2D eigenvalue weighted by Gasteiger charge is 2.17. The maximum atomic E-state index is 12.3. The highest BCUT2D eigenvalue weighted by molar-refractivity contribution is 5.77. The van der Waals surface area contributed by atoms with E-state index in [-0.39, 0.29) is 6.03 Å². The highest BCUT2D eigenvalue weighted by Crippen LogP contribution is 2.08. The summed E-state index contributed by atoms with van der Waals surface area (Å²) in [7, 11) is 0. The molecule has 3 rings (SSSR count). The fourth-order valence-electron chi connectivity index (χ4n) is 2.03. The van der Waals surface area contributed by atoms with Gasteiger partial charge >= 0.3 is 6.03 Å². The van der Waals surface area contributed by atoms with Crippen molar-refractivity contribution in [2.45, 2.75) is 19.8 Å². The van der Waals surface area contributed by atoms with E-state index in [2.05, 4.69) is 20.2 Å². The minimum absolute atomic E-state index is 0.379. The van der Waals surface area contributed by atoms with Crippen molar-refractivity contribution >= 4 is 6.03 Å². The van der Waals surface area contributed by atoms with Gasteiger partial charge in [0.2, 0.25) is 0 Å². The van der Waals surface area contributed by atoms with E-state index in [4.69, 9.17) is 0 Å². The van der Waals surface area contributed by atoms with Gasteiger partial charge in [-0.2, -0.15) is 14.5 Å². The molecular formula is C14H14N6O. The zero-order chi connectivity index (χ0) is 14.7. The van der Waals surface area contributed by atoms with Gasteiger partial charge in [-0.25, -0.2) is 14.8 Å². The molecule has 1 aromatic carbocycles. The number of aryl methyl sites for hydroxylation is 1. The van der Waals surface area contributed by atoms with Crippen LogP contribution in [0.5, 0.6) is 0 Å². The second-order valence-electron chi connectivity index (χ2n) is 4.49.